The normalized spacial score (nSPS) is 23.6. The van der Waals surface area contributed by atoms with E-state index >= 15 is 0 Å². The van der Waals surface area contributed by atoms with E-state index in [1.807, 2.05) is 41.5 Å². The second-order valence-corrected chi connectivity index (χ2v) is 24.7. The average Bonchev–Trinajstić information content (AvgIpc) is 3.41. The van der Waals surface area contributed by atoms with Gasteiger partial charge in [-0.1, -0.05) is 25.6 Å². The molecule has 2 amide bonds. The lowest BCUT2D eigenvalue weighted by Crippen LogP contribution is -2.59. The number of carbonyl (C=O) groups is 2. The van der Waals surface area contributed by atoms with Gasteiger partial charge in [0.2, 0.25) is 10.0 Å². The van der Waals surface area contributed by atoms with Gasteiger partial charge in [0.25, 0.3) is 5.91 Å². The van der Waals surface area contributed by atoms with Gasteiger partial charge in [0, 0.05) is 50.9 Å². The predicted molar refractivity (Wildman–Crippen MR) is 203 cm³/mol. The lowest BCUT2D eigenvalue weighted by atomic mass is 10.1. The second kappa shape index (κ2) is 14.9. The van der Waals surface area contributed by atoms with Crippen molar-refractivity contribution in [2.24, 2.45) is 0 Å². The number of fused-ring (bicyclic) bond motifs is 1. The third kappa shape index (κ3) is 8.61. The van der Waals surface area contributed by atoms with Crippen LogP contribution in [0.1, 0.15) is 73.8 Å². The maximum Gasteiger partial charge on any atom is 0.410 e. The van der Waals surface area contributed by atoms with Crippen LogP contribution in [-0.2, 0) is 24.3 Å². The number of sulfonamides is 1. The summed E-state index contributed by atoms with van der Waals surface area (Å²) < 4.78 is 58.8. The summed E-state index contributed by atoms with van der Waals surface area (Å²) in [5, 5.41) is 5.49. The van der Waals surface area contributed by atoms with Gasteiger partial charge >= 0.3 is 6.09 Å². The van der Waals surface area contributed by atoms with Crippen LogP contribution in [0, 0.1) is 11.8 Å². The number of hydrogen-bond acceptors (Lipinski definition) is 8. The molecule has 1 aromatic heterocycles. The number of carbonyl (C=O) groups excluding carboxylic acids is 2. The molecule has 0 bridgehead atoms. The Balaban J connectivity index is 1.57. The number of benzene rings is 1. The number of amides is 2. The third-order valence-corrected chi connectivity index (χ3v) is 14.0. The van der Waals surface area contributed by atoms with Crippen molar-refractivity contribution in [1.82, 2.24) is 23.9 Å². The van der Waals surface area contributed by atoms with Crippen molar-refractivity contribution in [2.75, 3.05) is 44.5 Å². The molecule has 0 radical (unpaired) electrons. The molecule has 52 heavy (non-hydrogen) atoms. The molecule has 1 saturated carbocycles. The van der Waals surface area contributed by atoms with Gasteiger partial charge in [-0.2, -0.15) is 9.40 Å². The molecule has 0 spiro atoms. The van der Waals surface area contributed by atoms with Gasteiger partial charge in [-0.3, -0.25) is 14.4 Å². The molecule has 2 aliphatic heterocycles. The van der Waals surface area contributed by atoms with Crippen LogP contribution in [0.4, 0.5) is 14.9 Å². The molecular formula is C37H57FN6O6SSi. The molecule has 2 saturated heterocycles. The van der Waals surface area contributed by atoms with Crippen molar-refractivity contribution < 1.29 is 31.9 Å². The Morgan fingerprint density at radius 2 is 1.77 bits per heavy atom. The van der Waals surface area contributed by atoms with E-state index in [1.165, 1.54) is 9.21 Å². The van der Waals surface area contributed by atoms with Crippen LogP contribution in [0.2, 0.25) is 25.7 Å². The van der Waals surface area contributed by atoms with Crippen LogP contribution in [0.25, 0.3) is 10.9 Å². The first-order valence-corrected chi connectivity index (χ1v) is 23.5. The Labute approximate surface area is 310 Å². The zero-order valence-electron chi connectivity index (χ0n) is 32.5. The molecule has 288 valence electrons. The molecule has 0 N–H and O–H groups in total. The maximum atomic E-state index is 14.8. The minimum Gasteiger partial charge on any atom is -0.444 e. The van der Waals surface area contributed by atoms with Crippen molar-refractivity contribution in [3.8, 4) is 11.8 Å². The first-order chi connectivity index (χ1) is 24.2. The number of hydrogen-bond donors (Lipinski definition) is 0. The summed E-state index contributed by atoms with van der Waals surface area (Å²) in [6, 6.07) is 2.75. The van der Waals surface area contributed by atoms with E-state index in [9.17, 15) is 22.4 Å². The highest BCUT2D eigenvalue weighted by molar-refractivity contribution is 7.89. The molecule has 4 atom stereocenters. The standard InChI is InChI=1S/C37H57FN6O6SSi/c1-11-12-34(45)41-24-29(17-28(41)20-38)44-33-19-30(51(47,48)42(37(7)13-14-37)25-49-15-16-52(8,9)10)18-32(31(33)21-39-44)40-22-26(2)43(27(3)23-40)35(46)50-36(4,5)6/h18-19,21,26-29H,13-17,20,22-25H2,1-10H3/t26-,27-,28-,29+/m0/s1. The molecule has 1 aliphatic carbocycles. The number of rotatable bonds is 11. The molecule has 0 unspecified atom stereocenters. The predicted octanol–water partition coefficient (Wildman–Crippen LogP) is 5.86. The van der Waals surface area contributed by atoms with Crippen LogP contribution in [0.5, 0.6) is 0 Å². The van der Waals surface area contributed by atoms with E-state index in [-0.39, 0.29) is 36.3 Å². The van der Waals surface area contributed by atoms with Gasteiger partial charge in [0.15, 0.2) is 0 Å². The first-order valence-electron chi connectivity index (χ1n) is 18.4. The van der Waals surface area contributed by atoms with Gasteiger partial charge in [-0.05, 0) is 91.8 Å². The van der Waals surface area contributed by atoms with Crippen molar-refractivity contribution >= 4 is 46.7 Å². The van der Waals surface area contributed by atoms with Gasteiger partial charge in [-0.15, -0.1) is 0 Å². The minimum atomic E-state index is -4.08. The zero-order valence-corrected chi connectivity index (χ0v) is 34.3. The smallest absolute Gasteiger partial charge is 0.410 e. The molecular weight excluding hydrogens is 704 g/mol. The SMILES string of the molecule is CC#CC(=O)N1C[C@H](n2ncc3c(N4C[C@H](C)N(C(=O)OC(C)(C)C)[C@@H](C)C4)cc(S(=O)(=O)N(COCC[Si](C)(C)C)C4(C)CC4)cc32)C[C@H]1CF. The second-order valence-electron chi connectivity index (χ2n) is 17.2. The quantitative estimate of drug-likeness (QED) is 0.121. The summed E-state index contributed by atoms with van der Waals surface area (Å²) in [7, 11) is -5.47. The number of nitrogens with zero attached hydrogens (tertiary/aromatic N) is 6. The maximum absolute atomic E-state index is 14.8. The Kier molecular flexibility index (Phi) is 11.5. The van der Waals surface area contributed by atoms with E-state index in [0.29, 0.717) is 37.3 Å². The Hall–Kier alpha value is -3.19. The van der Waals surface area contributed by atoms with Gasteiger partial charge in [0.1, 0.15) is 19.0 Å². The fraction of sp³-hybridized carbons (Fsp3) is 0.703. The molecule has 5 rings (SSSR count). The van der Waals surface area contributed by atoms with E-state index in [0.717, 1.165) is 24.3 Å². The topological polar surface area (TPSA) is 118 Å². The highest BCUT2D eigenvalue weighted by atomic mass is 32.2. The van der Waals surface area contributed by atoms with E-state index < -0.39 is 53.9 Å². The molecule has 15 heteroatoms. The number of piperazine rings is 1. The van der Waals surface area contributed by atoms with Crippen LogP contribution >= 0.6 is 0 Å². The van der Waals surface area contributed by atoms with Gasteiger partial charge in [-0.25, -0.2) is 17.6 Å². The number of aromatic nitrogens is 2. The van der Waals surface area contributed by atoms with Crippen molar-refractivity contribution in [2.45, 2.75) is 134 Å². The van der Waals surface area contributed by atoms with Gasteiger partial charge in [0.05, 0.1) is 40.8 Å². The summed E-state index contributed by atoms with van der Waals surface area (Å²) >= 11 is 0. The fourth-order valence-corrected chi connectivity index (χ4v) is 9.75. The monoisotopic (exact) mass is 760 g/mol. The summed E-state index contributed by atoms with van der Waals surface area (Å²) in [6.45, 7) is 20.5. The fourth-order valence-electron chi connectivity index (χ4n) is 7.24. The highest BCUT2D eigenvalue weighted by Crippen LogP contribution is 2.45. The van der Waals surface area contributed by atoms with Gasteiger partial charge < -0.3 is 19.3 Å². The van der Waals surface area contributed by atoms with E-state index in [4.69, 9.17) is 14.6 Å². The number of ether oxygens (including phenoxy) is 2. The largest absolute Gasteiger partial charge is 0.444 e. The Morgan fingerprint density at radius 1 is 1.12 bits per heavy atom. The molecule has 2 aromatic rings. The van der Waals surface area contributed by atoms with Crippen molar-refractivity contribution in [3.05, 3.63) is 18.3 Å². The van der Waals surface area contributed by atoms with E-state index in [2.05, 4.69) is 36.4 Å². The molecule has 3 fully saturated rings. The average molecular weight is 761 g/mol. The lowest BCUT2D eigenvalue weighted by Gasteiger charge is -2.45. The summed E-state index contributed by atoms with van der Waals surface area (Å²) in [5.74, 6) is 4.70. The van der Waals surface area contributed by atoms with Crippen LogP contribution in [0.15, 0.2) is 23.2 Å². The lowest BCUT2D eigenvalue weighted by molar-refractivity contribution is -0.126. The molecule has 12 nitrogen and oxygen atoms in total. The van der Waals surface area contributed by atoms with Crippen LogP contribution in [0.3, 0.4) is 0 Å². The number of likely N-dealkylation sites (tertiary alicyclic amines) is 1. The first kappa shape index (κ1) is 40.0. The number of anilines is 1. The molecule has 3 aliphatic rings. The Bertz CT molecular complexity index is 1810. The Morgan fingerprint density at radius 3 is 2.33 bits per heavy atom. The van der Waals surface area contributed by atoms with Crippen LogP contribution < -0.4 is 4.90 Å². The summed E-state index contributed by atoms with van der Waals surface area (Å²) in [6.07, 6.45) is 3.11. The highest BCUT2D eigenvalue weighted by Gasteiger charge is 2.50. The summed E-state index contributed by atoms with van der Waals surface area (Å²) in [5.41, 5.74) is 0.0425. The molecule has 1 aromatic carbocycles. The number of alkyl halides is 1. The summed E-state index contributed by atoms with van der Waals surface area (Å²) in [4.78, 5) is 31.5. The number of halogens is 1. The van der Waals surface area contributed by atoms with Crippen molar-refractivity contribution in [3.63, 3.8) is 0 Å². The molecule has 3 heterocycles. The third-order valence-electron chi connectivity index (χ3n) is 10.3. The zero-order chi connectivity index (χ0) is 38.4. The van der Waals surface area contributed by atoms with Crippen LogP contribution in [-0.4, -0.2) is 121 Å². The minimum absolute atomic E-state index is 0.0467. The van der Waals surface area contributed by atoms with Crippen molar-refractivity contribution in [1.29, 1.82) is 0 Å². The van der Waals surface area contributed by atoms with E-state index in [1.54, 1.807) is 34.8 Å².